The Bertz CT molecular complexity index is 488. The molecule has 0 aromatic carbocycles. The van der Waals surface area contributed by atoms with Crippen LogP contribution in [0.1, 0.15) is 78.1 Å². The topological polar surface area (TPSA) is 17.1 Å². The summed E-state index contributed by atoms with van der Waals surface area (Å²) in [5.41, 5.74) is 3.53. The summed E-state index contributed by atoms with van der Waals surface area (Å²) in [6, 6.07) is 0. The van der Waals surface area contributed by atoms with Gasteiger partial charge in [-0.15, -0.1) is 0 Å². The van der Waals surface area contributed by atoms with Crippen molar-refractivity contribution in [2.24, 2.45) is 22.7 Å². The highest BCUT2D eigenvalue weighted by Crippen LogP contribution is 2.62. The monoisotopic (exact) mass is 272 g/mol. The highest BCUT2D eigenvalue weighted by atomic mass is 16.1. The molecule has 20 heavy (non-hydrogen) atoms. The van der Waals surface area contributed by atoms with Crippen LogP contribution in [0.25, 0.3) is 0 Å². The molecule has 4 atom stereocenters. The molecule has 110 valence electrons. The van der Waals surface area contributed by atoms with Gasteiger partial charge in [0.2, 0.25) is 0 Å². The molecule has 0 heterocycles. The standard InChI is InChI=1S/C19H28O/c1-18-10-5-7-15(18)14-9-8-13-6-3-4-11-19(13,2)17(14)16(20)12-18/h13,15H,3-12H2,1-2H3. The number of hydrogen-bond donors (Lipinski definition) is 0. The van der Waals surface area contributed by atoms with Gasteiger partial charge in [0.15, 0.2) is 5.78 Å². The smallest absolute Gasteiger partial charge is 0.159 e. The van der Waals surface area contributed by atoms with Gasteiger partial charge in [-0.25, -0.2) is 0 Å². The molecule has 0 aromatic heterocycles. The summed E-state index contributed by atoms with van der Waals surface area (Å²) in [6.07, 6.45) is 12.8. The van der Waals surface area contributed by atoms with Crippen molar-refractivity contribution in [3.63, 3.8) is 0 Å². The van der Waals surface area contributed by atoms with Gasteiger partial charge >= 0.3 is 0 Å². The lowest BCUT2D eigenvalue weighted by Crippen LogP contribution is -2.45. The molecular weight excluding hydrogens is 244 g/mol. The highest BCUT2D eigenvalue weighted by Gasteiger charge is 2.54. The third-order valence-corrected chi connectivity index (χ3v) is 7.40. The lowest BCUT2D eigenvalue weighted by Gasteiger charge is -2.52. The molecule has 0 radical (unpaired) electrons. The number of allylic oxidation sites excluding steroid dienone is 2. The van der Waals surface area contributed by atoms with Gasteiger partial charge in [-0.3, -0.25) is 4.79 Å². The van der Waals surface area contributed by atoms with Gasteiger partial charge in [-0.05, 0) is 61.2 Å². The molecule has 0 aromatic rings. The number of rotatable bonds is 0. The van der Waals surface area contributed by atoms with E-state index in [1.165, 1.54) is 63.4 Å². The Morgan fingerprint density at radius 3 is 2.70 bits per heavy atom. The molecule has 0 spiro atoms. The summed E-state index contributed by atoms with van der Waals surface area (Å²) in [5.74, 6) is 2.08. The third-order valence-electron chi connectivity index (χ3n) is 7.40. The molecule has 4 rings (SSSR count). The van der Waals surface area contributed by atoms with E-state index in [4.69, 9.17) is 0 Å². The Morgan fingerprint density at radius 2 is 1.85 bits per heavy atom. The Kier molecular flexibility index (Phi) is 2.76. The van der Waals surface area contributed by atoms with Gasteiger partial charge < -0.3 is 0 Å². The first-order chi connectivity index (χ1) is 9.55. The summed E-state index contributed by atoms with van der Waals surface area (Å²) in [6.45, 7) is 4.82. The zero-order valence-electron chi connectivity index (χ0n) is 13.1. The first-order valence-corrected chi connectivity index (χ1v) is 8.81. The number of carbonyl (C=O) groups excluding carboxylic acids is 1. The van der Waals surface area contributed by atoms with Crippen LogP contribution >= 0.6 is 0 Å². The van der Waals surface area contributed by atoms with E-state index in [-0.39, 0.29) is 5.41 Å². The lowest BCUT2D eigenvalue weighted by molar-refractivity contribution is -0.121. The fraction of sp³-hybridized carbons (Fsp3) is 0.842. The highest BCUT2D eigenvalue weighted by molar-refractivity contribution is 5.99. The number of fused-ring (bicyclic) bond motifs is 4. The predicted octanol–water partition coefficient (Wildman–Crippen LogP) is 5.05. The second kappa shape index (κ2) is 4.21. The maximum Gasteiger partial charge on any atom is 0.159 e. The molecule has 0 aliphatic heterocycles. The van der Waals surface area contributed by atoms with E-state index in [0.717, 1.165) is 18.3 Å². The molecule has 1 heteroatoms. The molecule has 1 nitrogen and oxygen atoms in total. The summed E-state index contributed by atoms with van der Waals surface area (Å²) in [7, 11) is 0. The fourth-order valence-corrected chi connectivity index (χ4v) is 6.36. The van der Waals surface area contributed by atoms with E-state index in [2.05, 4.69) is 13.8 Å². The average molecular weight is 272 g/mol. The van der Waals surface area contributed by atoms with Crippen LogP contribution in [0.15, 0.2) is 11.1 Å². The van der Waals surface area contributed by atoms with E-state index < -0.39 is 0 Å². The molecular formula is C19H28O. The molecule has 0 amide bonds. The second-order valence-electron chi connectivity index (χ2n) is 8.50. The molecule has 2 saturated carbocycles. The maximum absolute atomic E-state index is 13.0. The van der Waals surface area contributed by atoms with Crippen molar-refractivity contribution in [1.29, 1.82) is 0 Å². The Balaban J connectivity index is 1.83. The van der Waals surface area contributed by atoms with Crippen molar-refractivity contribution >= 4 is 5.78 Å². The van der Waals surface area contributed by atoms with Crippen molar-refractivity contribution in [2.75, 3.05) is 0 Å². The second-order valence-corrected chi connectivity index (χ2v) is 8.50. The van der Waals surface area contributed by atoms with Gasteiger partial charge in [-0.1, -0.05) is 38.7 Å². The first-order valence-electron chi connectivity index (χ1n) is 8.81. The van der Waals surface area contributed by atoms with Crippen LogP contribution in [0.5, 0.6) is 0 Å². The Labute approximate surface area is 123 Å². The molecule has 4 aliphatic rings. The third kappa shape index (κ3) is 1.58. The van der Waals surface area contributed by atoms with Crippen molar-refractivity contribution in [2.45, 2.75) is 78.1 Å². The SMILES string of the molecule is CC12CCCC1C1=C(C(=O)C2)C2(C)CCCCC2CC1. The molecule has 2 fully saturated rings. The van der Waals surface area contributed by atoms with Crippen LogP contribution in [0.2, 0.25) is 0 Å². The van der Waals surface area contributed by atoms with E-state index in [1.54, 1.807) is 5.57 Å². The minimum atomic E-state index is 0.243. The summed E-state index contributed by atoms with van der Waals surface area (Å²) < 4.78 is 0. The van der Waals surface area contributed by atoms with Crippen LogP contribution < -0.4 is 0 Å². The van der Waals surface area contributed by atoms with Crippen molar-refractivity contribution in [3.05, 3.63) is 11.1 Å². The average Bonchev–Trinajstić information content (AvgIpc) is 2.78. The van der Waals surface area contributed by atoms with Gasteiger partial charge in [0.1, 0.15) is 0 Å². The molecule has 0 bridgehead atoms. The fourth-order valence-electron chi connectivity index (χ4n) is 6.36. The lowest BCUT2D eigenvalue weighted by atomic mass is 9.51. The van der Waals surface area contributed by atoms with E-state index in [9.17, 15) is 4.79 Å². The van der Waals surface area contributed by atoms with Gasteiger partial charge in [-0.2, -0.15) is 0 Å². The molecule has 4 aliphatic carbocycles. The largest absolute Gasteiger partial charge is 0.295 e. The summed E-state index contributed by atoms with van der Waals surface area (Å²) in [4.78, 5) is 13.0. The number of carbonyl (C=O) groups is 1. The van der Waals surface area contributed by atoms with E-state index >= 15 is 0 Å². The van der Waals surface area contributed by atoms with Crippen molar-refractivity contribution in [1.82, 2.24) is 0 Å². The van der Waals surface area contributed by atoms with Gasteiger partial charge in [0.25, 0.3) is 0 Å². The summed E-state index contributed by atoms with van der Waals surface area (Å²) in [5, 5.41) is 0. The summed E-state index contributed by atoms with van der Waals surface area (Å²) >= 11 is 0. The van der Waals surface area contributed by atoms with Gasteiger partial charge in [0, 0.05) is 12.0 Å². The van der Waals surface area contributed by atoms with Crippen LogP contribution in [-0.4, -0.2) is 5.78 Å². The van der Waals surface area contributed by atoms with Crippen molar-refractivity contribution < 1.29 is 4.79 Å². The first kappa shape index (κ1) is 13.1. The van der Waals surface area contributed by atoms with Crippen LogP contribution in [0.4, 0.5) is 0 Å². The normalized spacial score (nSPS) is 47.8. The van der Waals surface area contributed by atoms with E-state index in [1.807, 2.05) is 0 Å². The predicted molar refractivity (Wildman–Crippen MR) is 81.4 cm³/mol. The molecule has 4 unspecified atom stereocenters. The Hall–Kier alpha value is -0.590. The molecule has 0 N–H and O–H groups in total. The quantitative estimate of drug-likeness (QED) is 0.603. The zero-order valence-corrected chi connectivity index (χ0v) is 13.1. The zero-order chi connectivity index (χ0) is 14.0. The Morgan fingerprint density at radius 1 is 1.00 bits per heavy atom. The number of Topliss-reactive ketones (excluding diaryl/α,β-unsaturated/α-hetero) is 1. The minimum absolute atomic E-state index is 0.243. The number of ketones is 1. The van der Waals surface area contributed by atoms with E-state index in [0.29, 0.717) is 11.2 Å². The van der Waals surface area contributed by atoms with Gasteiger partial charge in [0.05, 0.1) is 0 Å². The maximum atomic E-state index is 13.0. The van der Waals surface area contributed by atoms with Crippen LogP contribution in [-0.2, 0) is 4.79 Å². The van der Waals surface area contributed by atoms with Crippen LogP contribution in [0, 0.1) is 22.7 Å². The number of hydrogen-bond acceptors (Lipinski definition) is 1. The molecule has 0 saturated heterocycles. The minimum Gasteiger partial charge on any atom is -0.295 e. The van der Waals surface area contributed by atoms with Crippen LogP contribution in [0.3, 0.4) is 0 Å². The van der Waals surface area contributed by atoms with Crippen molar-refractivity contribution in [3.8, 4) is 0 Å².